The van der Waals surface area contributed by atoms with E-state index in [2.05, 4.69) is 0 Å². The van der Waals surface area contributed by atoms with Crippen molar-refractivity contribution in [3.8, 4) is 5.75 Å². The topological polar surface area (TPSA) is 65.0 Å². The van der Waals surface area contributed by atoms with E-state index in [9.17, 15) is 9.90 Å². The summed E-state index contributed by atoms with van der Waals surface area (Å²) in [6, 6.07) is 27.9. The van der Waals surface area contributed by atoms with Crippen LogP contribution in [0.15, 0.2) is 97.1 Å². The van der Waals surface area contributed by atoms with Crippen molar-refractivity contribution in [1.82, 2.24) is 0 Å². The number of aliphatic carboxylic acids is 1. The molecule has 0 aromatic heterocycles. The molecular formula is C30H34O5. The lowest BCUT2D eigenvalue weighted by molar-refractivity contribution is -0.154. The summed E-state index contributed by atoms with van der Waals surface area (Å²) >= 11 is 0. The van der Waals surface area contributed by atoms with Crippen LogP contribution in [0, 0.1) is 0 Å². The van der Waals surface area contributed by atoms with E-state index in [4.69, 9.17) is 14.2 Å². The second-order valence-electron chi connectivity index (χ2n) is 8.25. The van der Waals surface area contributed by atoms with Gasteiger partial charge in [0.1, 0.15) is 11.4 Å². The maximum absolute atomic E-state index is 12.0. The molecule has 0 radical (unpaired) electrons. The first kappa shape index (κ1) is 26.2. The Morgan fingerprint density at radius 1 is 0.914 bits per heavy atom. The number of benzene rings is 3. The Bertz CT molecular complexity index is 1020. The Morgan fingerprint density at radius 2 is 1.46 bits per heavy atom. The summed E-state index contributed by atoms with van der Waals surface area (Å²) in [6.45, 7) is 4.12. The van der Waals surface area contributed by atoms with E-state index >= 15 is 0 Å². The van der Waals surface area contributed by atoms with Crippen molar-refractivity contribution in [3.05, 3.63) is 114 Å². The van der Waals surface area contributed by atoms with Crippen LogP contribution in [0.5, 0.6) is 5.75 Å². The molecule has 2 unspecified atom stereocenters. The summed E-state index contributed by atoms with van der Waals surface area (Å²) in [5.41, 5.74) is 1.88. The van der Waals surface area contributed by atoms with Crippen molar-refractivity contribution >= 4 is 5.97 Å². The SMILES string of the molecule is CC=CCOC(CC(CC)OC(c1ccccc1)(c1ccccc1)c1ccc(OC)cc1)C(=O)O. The normalized spacial score (nSPS) is 13.5. The van der Waals surface area contributed by atoms with Gasteiger partial charge in [-0.2, -0.15) is 0 Å². The van der Waals surface area contributed by atoms with Gasteiger partial charge in [0.15, 0.2) is 6.10 Å². The van der Waals surface area contributed by atoms with Crippen molar-refractivity contribution in [2.75, 3.05) is 13.7 Å². The van der Waals surface area contributed by atoms with E-state index in [1.807, 2.05) is 105 Å². The first-order chi connectivity index (χ1) is 17.0. The molecule has 1 N–H and O–H groups in total. The first-order valence-corrected chi connectivity index (χ1v) is 11.9. The lowest BCUT2D eigenvalue weighted by Gasteiger charge is -2.39. The van der Waals surface area contributed by atoms with Crippen LogP contribution in [0.25, 0.3) is 0 Å². The summed E-state index contributed by atoms with van der Waals surface area (Å²) in [5, 5.41) is 9.81. The minimum absolute atomic E-state index is 0.223. The Labute approximate surface area is 208 Å². The zero-order valence-corrected chi connectivity index (χ0v) is 20.6. The van der Waals surface area contributed by atoms with E-state index < -0.39 is 17.7 Å². The molecule has 3 aromatic rings. The molecule has 0 spiro atoms. The van der Waals surface area contributed by atoms with Gasteiger partial charge in [-0.15, -0.1) is 0 Å². The van der Waals surface area contributed by atoms with Gasteiger partial charge in [0.05, 0.1) is 19.8 Å². The molecule has 3 aromatic carbocycles. The Balaban J connectivity index is 2.11. The number of carboxylic acid groups (broad SMARTS) is 1. The minimum atomic E-state index is -0.994. The molecule has 0 bridgehead atoms. The van der Waals surface area contributed by atoms with Crippen LogP contribution in [0.3, 0.4) is 0 Å². The highest BCUT2D eigenvalue weighted by Crippen LogP contribution is 2.42. The predicted molar refractivity (Wildman–Crippen MR) is 138 cm³/mol. The van der Waals surface area contributed by atoms with E-state index in [0.717, 1.165) is 22.4 Å². The van der Waals surface area contributed by atoms with Crippen LogP contribution in [0.4, 0.5) is 0 Å². The number of carboxylic acids is 1. The van der Waals surface area contributed by atoms with Crippen LogP contribution >= 0.6 is 0 Å². The first-order valence-electron chi connectivity index (χ1n) is 11.9. The molecule has 5 heteroatoms. The van der Waals surface area contributed by atoms with Gasteiger partial charge < -0.3 is 19.3 Å². The molecule has 0 aliphatic carbocycles. The third kappa shape index (κ3) is 6.38. The van der Waals surface area contributed by atoms with Crippen LogP contribution in [0.1, 0.15) is 43.4 Å². The Hall–Kier alpha value is -3.41. The number of rotatable bonds is 13. The zero-order chi connectivity index (χ0) is 25.1. The van der Waals surface area contributed by atoms with Gasteiger partial charge in [-0.3, -0.25) is 0 Å². The fourth-order valence-corrected chi connectivity index (χ4v) is 4.17. The molecule has 35 heavy (non-hydrogen) atoms. The van der Waals surface area contributed by atoms with E-state index in [0.29, 0.717) is 6.42 Å². The summed E-state index contributed by atoms with van der Waals surface area (Å²) < 4.78 is 18.1. The van der Waals surface area contributed by atoms with Crippen molar-refractivity contribution in [1.29, 1.82) is 0 Å². The maximum Gasteiger partial charge on any atom is 0.332 e. The van der Waals surface area contributed by atoms with E-state index in [1.165, 1.54) is 0 Å². The average molecular weight is 475 g/mol. The fourth-order valence-electron chi connectivity index (χ4n) is 4.17. The highest BCUT2D eigenvalue weighted by atomic mass is 16.5. The van der Waals surface area contributed by atoms with Gasteiger partial charge in [0.25, 0.3) is 0 Å². The predicted octanol–water partition coefficient (Wildman–Crippen LogP) is 6.22. The molecule has 0 aliphatic heterocycles. The highest BCUT2D eigenvalue weighted by molar-refractivity contribution is 5.72. The van der Waals surface area contributed by atoms with Gasteiger partial charge in [-0.05, 0) is 42.2 Å². The van der Waals surface area contributed by atoms with Crippen molar-refractivity contribution < 1.29 is 24.1 Å². The van der Waals surface area contributed by atoms with E-state index in [1.54, 1.807) is 13.2 Å². The summed E-state index contributed by atoms with van der Waals surface area (Å²) in [6.07, 6.45) is 3.12. The van der Waals surface area contributed by atoms with Gasteiger partial charge in [0, 0.05) is 6.42 Å². The minimum Gasteiger partial charge on any atom is -0.497 e. The van der Waals surface area contributed by atoms with Crippen molar-refractivity contribution in [2.45, 2.75) is 44.5 Å². The third-order valence-electron chi connectivity index (χ3n) is 6.04. The number of ether oxygens (including phenoxy) is 3. The van der Waals surface area contributed by atoms with Crippen molar-refractivity contribution in [2.24, 2.45) is 0 Å². The molecule has 2 atom stereocenters. The molecular weight excluding hydrogens is 440 g/mol. The number of carbonyl (C=O) groups is 1. The zero-order valence-electron chi connectivity index (χ0n) is 20.6. The second-order valence-corrected chi connectivity index (χ2v) is 8.25. The second kappa shape index (κ2) is 12.9. The average Bonchev–Trinajstić information content (AvgIpc) is 2.91. The van der Waals surface area contributed by atoms with Gasteiger partial charge in [0.2, 0.25) is 0 Å². The van der Waals surface area contributed by atoms with Crippen molar-refractivity contribution in [3.63, 3.8) is 0 Å². The van der Waals surface area contributed by atoms with Crippen LogP contribution in [0.2, 0.25) is 0 Å². The van der Waals surface area contributed by atoms with Crippen LogP contribution < -0.4 is 4.74 Å². The van der Waals surface area contributed by atoms with Gasteiger partial charge in [-0.25, -0.2) is 4.79 Å². The Kier molecular flexibility index (Phi) is 9.65. The molecule has 0 aliphatic rings. The molecule has 5 nitrogen and oxygen atoms in total. The summed E-state index contributed by atoms with van der Waals surface area (Å²) in [7, 11) is 1.64. The number of allylic oxidation sites excluding steroid dienone is 1. The van der Waals surface area contributed by atoms with E-state index in [-0.39, 0.29) is 19.1 Å². The highest BCUT2D eigenvalue weighted by Gasteiger charge is 2.40. The van der Waals surface area contributed by atoms with Crippen LogP contribution in [-0.2, 0) is 19.9 Å². The standard InChI is InChI=1S/C30H34O5/c1-4-6-21-34-28(29(31)32)22-26(5-2)35-30(23-13-9-7-10-14-23,24-15-11-8-12-16-24)25-17-19-27(33-3)20-18-25/h4,6-20,26,28H,5,21-22H2,1-3H3,(H,31,32). The molecule has 0 amide bonds. The van der Waals surface area contributed by atoms with Gasteiger partial charge in [-0.1, -0.05) is 91.9 Å². The lowest BCUT2D eigenvalue weighted by atomic mass is 9.79. The lowest BCUT2D eigenvalue weighted by Crippen LogP contribution is -2.39. The molecule has 0 saturated heterocycles. The van der Waals surface area contributed by atoms with Crippen LogP contribution in [-0.4, -0.2) is 37.0 Å². The van der Waals surface area contributed by atoms with Gasteiger partial charge >= 0.3 is 5.97 Å². The fraction of sp³-hybridized carbons (Fsp3) is 0.300. The maximum atomic E-state index is 12.0. The number of methoxy groups -OCH3 is 1. The molecule has 184 valence electrons. The molecule has 0 heterocycles. The number of hydrogen-bond donors (Lipinski definition) is 1. The summed E-state index contributed by atoms with van der Waals surface area (Å²) in [4.78, 5) is 12.0. The Morgan fingerprint density at radius 3 is 1.91 bits per heavy atom. The molecule has 0 fully saturated rings. The summed E-state index contributed by atoms with van der Waals surface area (Å²) in [5.74, 6) is -0.245. The monoisotopic (exact) mass is 474 g/mol. The largest absolute Gasteiger partial charge is 0.497 e. The smallest absolute Gasteiger partial charge is 0.332 e. The molecule has 3 rings (SSSR count). The number of hydrogen-bond acceptors (Lipinski definition) is 4. The molecule has 0 saturated carbocycles. The quantitative estimate of drug-likeness (QED) is 0.235. The third-order valence-corrected chi connectivity index (χ3v) is 6.04.